The second kappa shape index (κ2) is 11.9. The summed E-state index contributed by atoms with van der Waals surface area (Å²) in [7, 11) is 0. The highest BCUT2D eigenvalue weighted by molar-refractivity contribution is 6.01. The van der Waals surface area contributed by atoms with Gasteiger partial charge in [0.1, 0.15) is 29.9 Å². The van der Waals surface area contributed by atoms with Crippen LogP contribution in [0, 0.1) is 23.0 Å². The fourth-order valence-corrected chi connectivity index (χ4v) is 7.54. The first-order valence-electron chi connectivity index (χ1n) is 15.6. The Kier molecular flexibility index (Phi) is 7.77. The van der Waals surface area contributed by atoms with E-state index in [0.29, 0.717) is 53.6 Å². The van der Waals surface area contributed by atoms with Gasteiger partial charge in [-0.1, -0.05) is 43.0 Å². The molecule has 11 heteroatoms. The molecule has 0 radical (unpaired) electrons. The van der Waals surface area contributed by atoms with Crippen molar-refractivity contribution in [2.24, 2.45) is 0 Å². The van der Waals surface area contributed by atoms with Crippen LogP contribution < -0.4 is 9.64 Å². The Bertz CT molecular complexity index is 1890. The second-order valence-electron chi connectivity index (χ2n) is 12.4. The van der Waals surface area contributed by atoms with Crippen molar-refractivity contribution in [3.63, 3.8) is 0 Å². The predicted molar refractivity (Wildman–Crippen MR) is 169 cm³/mol. The first-order chi connectivity index (χ1) is 22.3. The van der Waals surface area contributed by atoms with Gasteiger partial charge in [-0.2, -0.15) is 15.2 Å². The van der Waals surface area contributed by atoms with Crippen molar-refractivity contribution in [2.45, 2.75) is 43.4 Å². The van der Waals surface area contributed by atoms with Crippen molar-refractivity contribution < 1.29 is 22.7 Å². The number of amides is 1. The van der Waals surface area contributed by atoms with Crippen LogP contribution in [-0.2, 0) is 4.79 Å². The number of halogens is 3. The molecule has 3 fully saturated rings. The van der Waals surface area contributed by atoms with E-state index in [2.05, 4.69) is 22.5 Å². The van der Waals surface area contributed by atoms with Gasteiger partial charge in [-0.25, -0.2) is 13.2 Å². The lowest BCUT2D eigenvalue weighted by Crippen LogP contribution is -2.55. The summed E-state index contributed by atoms with van der Waals surface area (Å²) in [5.41, 5.74) is 0.110. The lowest BCUT2D eigenvalue weighted by Gasteiger charge is -2.41. The van der Waals surface area contributed by atoms with Gasteiger partial charge in [-0.05, 0) is 48.5 Å². The number of hydrogen-bond acceptors (Lipinski definition) is 7. The summed E-state index contributed by atoms with van der Waals surface area (Å²) < 4.78 is 52.5. The number of nitriles is 1. The molecule has 0 saturated carbocycles. The standard InChI is InChI=1S/C35H33F3N6O2/c1-2-29(45)44-17-16-42(20-24(44)12-14-39)33-27-11-10-26(25-8-3-6-22-7-4-9-28(37)30(22)25)31(38)32(27)40-34(41-33)46-21-35-13-5-15-43(35)19-23(36)18-35/h2-4,6-11,23-24H,1,5,12-13,15-21H2/t23-,24+,35+/m1/s1. The van der Waals surface area contributed by atoms with Gasteiger partial charge in [0.15, 0.2) is 5.82 Å². The molecule has 1 amide bonds. The predicted octanol–water partition coefficient (Wildman–Crippen LogP) is 5.80. The number of piperazine rings is 1. The van der Waals surface area contributed by atoms with Crippen molar-refractivity contribution in [3.8, 4) is 23.2 Å². The van der Waals surface area contributed by atoms with Crippen LogP contribution in [0.3, 0.4) is 0 Å². The molecule has 4 aromatic rings. The summed E-state index contributed by atoms with van der Waals surface area (Å²) in [6.45, 7) is 5.86. The SMILES string of the molecule is C=CC(=O)N1CCN(c2nc(OC[C@@]34CCCN3C[C@H](F)C4)nc3c(F)c(-c4cccc5cccc(F)c45)ccc23)C[C@@H]1CC#N. The maximum atomic E-state index is 16.7. The average molecular weight is 627 g/mol. The van der Waals surface area contributed by atoms with E-state index < -0.39 is 29.4 Å². The normalized spacial score (nSPS) is 23.1. The van der Waals surface area contributed by atoms with Gasteiger partial charge in [-0.15, -0.1) is 0 Å². The Morgan fingerprint density at radius 2 is 1.91 bits per heavy atom. The average Bonchev–Trinajstić information content (AvgIpc) is 3.59. The molecule has 3 aliphatic heterocycles. The Balaban J connectivity index is 1.33. The first kappa shape index (κ1) is 30.0. The van der Waals surface area contributed by atoms with Crippen molar-refractivity contribution >= 4 is 33.4 Å². The van der Waals surface area contributed by atoms with Crippen LogP contribution >= 0.6 is 0 Å². The Morgan fingerprint density at radius 1 is 1.09 bits per heavy atom. The molecule has 0 spiro atoms. The molecule has 8 nitrogen and oxygen atoms in total. The third-order valence-electron chi connectivity index (χ3n) is 9.71. The Labute approximate surface area is 264 Å². The van der Waals surface area contributed by atoms with Crippen LogP contribution in [0.5, 0.6) is 6.01 Å². The van der Waals surface area contributed by atoms with Crippen molar-refractivity contribution in [1.82, 2.24) is 19.8 Å². The number of hydrogen-bond donors (Lipinski definition) is 0. The molecular formula is C35H33F3N6O2. The number of ether oxygens (including phenoxy) is 1. The summed E-state index contributed by atoms with van der Waals surface area (Å²) in [6.07, 6.45) is 2.46. The van der Waals surface area contributed by atoms with Crippen LogP contribution in [0.25, 0.3) is 32.8 Å². The van der Waals surface area contributed by atoms with E-state index in [1.165, 1.54) is 12.1 Å². The van der Waals surface area contributed by atoms with E-state index in [1.54, 1.807) is 47.4 Å². The second-order valence-corrected chi connectivity index (χ2v) is 12.4. The lowest BCUT2D eigenvalue weighted by molar-refractivity contribution is -0.128. The van der Waals surface area contributed by atoms with E-state index >= 15 is 8.78 Å². The zero-order valence-electron chi connectivity index (χ0n) is 25.3. The number of anilines is 1. The van der Waals surface area contributed by atoms with Gasteiger partial charge >= 0.3 is 6.01 Å². The molecular weight excluding hydrogens is 593 g/mol. The van der Waals surface area contributed by atoms with E-state index in [9.17, 15) is 14.4 Å². The number of nitrogens with zero attached hydrogens (tertiary/aromatic N) is 6. The van der Waals surface area contributed by atoms with Crippen molar-refractivity contribution in [2.75, 3.05) is 44.2 Å². The van der Waals surface area contributed by atoms with Gasteiger partial charge in [0.2, 0.25) is 5.91 Å². The molecule has 1 aromatic heterocycles. The highest BCUT2D eigenvalue weighted by Gasteiger charge is 2.49. The number of benzene rings is 3. The van der Waals surface area contributed by atoms with Crippen LogP contribution in [0.1, 0.15) is 25.7 Å². The molecule has 4 heterocycles. The number of carbonyl (C=O) groups is 1. The van der Waals surface area contributed by atoms with E-state index in [0.717, 1.165) is 19.4 Å². The number of alkyl halides is 1. The quantitative estimate of drug-likeness (QED) is 0.240. The number of fused-ring (bicyclic) bond motifs is 3. The van der Waals surface area contributed by atoms with Gasteiger partial charge < -0.3 is 14.5 Å². The third kappa shape index (κ3) is 5.10. The smallest absolute Gasteiger partial charge is 0.319 e. The highest BCUT2D eigenvalue weighted by Crippen LogP contribution is 2.41. The van der Waals surface area contributed by atoms with Gasteiger partial charge in [0.05, 0.1) is 24.1 Å². The molecule has 236 valence electrons. The third-order valence-corrected chi connectivity index (χ3v) is 9.71. The summed E-state index contributed by atoms with van der Waals surface area (Å²) in [5, 5.41) is 10.9. The fourth-order valence-electron chi connectivity index (χ4n) is 7.54. The molecule has 3 aliphatic rings. The zero-order chi connectivity index (χ0) is 32.0. The van der Waals surface area contributed by atoms with Crippen molar-refractivity contribution in [1.29, 1.82) is 5.26 Å². The van der Waals surface area contributed by atoms with E-state index in [4.69, 9.17) is 9.72 Å². The molecule has 0 bridgehead atoms. The summed E-state index contributed by atoms with van der Waals surface area (Å²) in [6, 6.07) is 14.9. The summed E-state index contributed by atoms with van der Waals surface area (Å²) in [4.78, 5) is 27.5. The van der Waals surface area contributed by atoms with Crippen LogP contribution in [0.2, 0.25) is 0 Å². The van der Waals surface area contributed by atoms with Gasteiger partial charge in [0, 0.05) is 48.9 Å². The zero-order valence-corrected chi connectivity index (χ0v) is 25.3. The van der Waals surface area contributed by atoms with E-state index in [1.807, 2.05) is 4.90 Å². The van der Waals surface area contributed by atoms with Crippen molar-refractivity contribution in [3.05, 3.63) is 72.8 Å². The molecule has 46 heavy (non-hydrogen) atoms. The van der Waals surface area contributed by atoms with Crippen LogP contribution in [-0.4, -0.2) is 82.8 Å². The number of aromatic nitrogens is 2. The molecule has 0 unspecified atom stereocenters. The molecule has 7 rings (SSSR count). The maximum absolute atomic E-state index is 16.7. The number of rotatable bonds is 7. The highest BCUT2D eigenvalue weighted by atomic mass is 19.1. The van der Waals surface area contributed by atoms with Gasteiger partial charge in [0.25, 0.3) is 0 Å². The molecule has 3 aromatic carbocycles. The first-order valence-corrected chi connectivity index (χ1v) is 15.6. The minimum atomic E-state index is -0.940. The Hall–Kier alpha value is -4.69. The topological polar surface area (TPSA) is 85.6 Å². The monoisotopic (exact) mass is 626 g/mol. The lowest BCUT2D eigenvalue weighted by atomic mass is 9.95. The van der Waals surface area contributed by atoms with Crippen LogP contribution in [0.15, 0.2) is 61.2 Å². The minimum absolute atomic E-state index is 0.00263. The fraction of sp³-hybridized carbons (Fsp3) is 0.371. The number of carbonyl (C=O) groups excluding carboxylic acids is 1. The molecule has 0 N–H and O–H groups in total. The minimum Gasteiger partial charge on any atom is -0.461 e. The van der Waals surface area contributed by atoms with Crippen LogP contribution in [0.4, 0.5) is 19.0 Å². The summed E-state index contributed by atoms with van der Waals surface area (Å²) in [5.74, 6) is -0.976. The summed E-state index contributed by atoms with van der Waals surface area (Å²) >= 11 is 0. The van der Waals surface area contributed by atoms with Gasteiger partial charge in [-0.3, -0.25) is 9.69 Å². The molecule has 3 saturated heterocycles. The largest absolute Gasteiger partial charge is 0.461 e. The Morgan fingerprint density at radius 3 is 2.72 bits per heavy atom. The maximum Gasteiger partial charge on any atom is 0.319 e. The van der Waals surface area contributed by atoms with E-state index in [-0.39, 0.29) is 42.6 Å². The molecule has 0 aliphatic carbocycles. The molecule has 3 atom stereocenters.